The second-order valence-corrected chi connectivity index (χ2v) is 2.80. The first-order valence-electron chi connectivity index (χ1n) is 4.18. The first-order valence-corrected chi connectivity index (χ1v) is 4.18. The number of halogens is 3. The van der Waals surface area contributed by atoms with Crippen molar-refractivity contribution in [2.24, 2.45) is 0 Å². The predicted molar refractivity (Wildman–Crippen MR) is 48.1 cm³/mol. The topological polar surface area (TPSA) is 48.7 Å². The number of aromatic nitrogens is 1. The Kier molecular flexibility index (Phi) is 3.50. The zero-order chi connectivity index (χ0) is 11.3. The molecule has 0 bridgehead atoms. The van der Waals surface area contributed by atoms with Crippen LogP contribution in [0.1, 0.15) is 12.1 Å². The van der Waals surface area contributed by atoms with Crippen LogP contribution in [0.15, 0.2) is 18.3 Å². The van der Waals surface area contributed by atoms with Gasteiger partial charge in [-0.25, -0.2) is 4.98 Å². The van der Waals surface area contributed by atoms with E-state index in [1.807, 2.05) is 0 Å². The third-order valence-corrected chi connectivity index (χ3v) is 1.64. The molecule has 0 aromatic carbocycles. The lowest BCUT2D eigenvalue weighted by molar-refractivity contribution is -0.131. The lowest BCUT2D eigenvalue weighted by atomic mass is 10.3. The van der Waals surface area contributed by atoms with Gasteiger partial charge in [-0.05, 0) is 12.1 Å². The molecular weight excluding hydrogens is 207 g/mol. The number of nitrogens with zero attached hydrogens (tertiary/aromatic N) is 2. The predicted octanol–water partition coefficient (Wildman–Crippen LogP) is 2.32. The summed E-state index contributed by atoms with van der Waals surface area (Å²) in [5, 5.41) is 11.1. The van der Waals surface area contributed by atoms with Crippen molar-refractivity contribution in [1.29, 1.82) is 5.26 Å². The van der Waals surface area contributed by atoms with Gasteiger partial charge in [0.05, 0.1) is 12.1 Å². The average Bonchev–Trinajstić information content (AvgIpc) is 2.16. The Morgan fingerprint density at radius 3 is 2.80 bits per heavy atom. The summed E-state index contributed by atoms with van der Waals surface area (Å²) >= 11 is 0. The molecule has 0 unspecified atom stereocenters. The minimum Gasteiger partial charge on any atom is -0.382 e. The SMILES string of the molecule is N#Cc1ncccc1NCCC(F)(F)F. The lowest BCUT2D eigenvalue weighted by Gasteiger charge is -2.09. The van der Waals surface area contributed by atoms with E-state index in [-0.39, 0.29) is 12.2 Å². The summed E-state index contributed by atoms with van der Waals surface area (Å²) in [4.78, 5) is 3.71. The molecule has 1 heterocycles. The van der Waals surface area contributed by atoms with E-state index in [1.165, 1.54) is 12.3 Å². The van der Waals surface area contributed by atoms with E-state index in [0.29, 0.717) is 5.69 Å². The molecule has 0 saturated carbocycles. The summed E-state index contributed by atoms with van der Waals surface area (Å²) in [6.45, 7) is -0.260. The van der Waals surface area contributed by atoms with Gasteiger partial charge in [-0.15, -0.1) is 0 Å². The number of alkyl halides is 3. The van der Waals surface area contributed by atoms with Crippen LogP contribution in [0.2, 0.25) is 0 Å². The number of rotatable bonds is 3. The molecule has 0 aliphatic heterocycles. The van der Waals surface area contributed by atoms with Crippen LogP contribution in [0.25, 0.3) is 0 Å². The fourth-order valence-electron chi connectivity index (χ4n) is 0.976. The van der Waals surface area contributed by atoms with Gasteiger partial charge in [-0.2, -0.15) is 18.4 Å². The molecule has 15 heavy (non-hydrogen) atoms. The van der Waals surface area contributed by atoms with Crippen molar-refractivity contribution in [2.75, 3.05) is 11.9 Å². The molecule has 0 aliphatic rings. The van der Waals surface area contributed by atoms with E-state index in [1.54, 1.807) is 12.1 Å². The van der Waals surface area contributed by atoms with Crippen molar-refractivity contribution in [2.45, 2.75) is 12.6 Å². The Labute approximate surface area is 84.5 Å². The van der Waals surface area contributed by atoms with Crippen LogP contribution < -0.4 is 5.32 Å². The first kappa shape index (κ1) is 11.3. The minimum absolute atomic E-state index is 0.0969. The summed E-state index contributed by atoms with van der Waals surface area (Å²) in [6.07, 6.45) is -3.72. The second-order valence-electron chi connectivity index (χ2n) is 2.80. The van der Waals surface area contributed by atoms with Crippen molar-refractivity contribution in [3.8, 4) is 6.07 Å². The number of nitrogens with one attached hydrogen (secondary N) is 1. The molecule has 0 saturated heterocycles. The molecular formula is C9H8F3N3. The number of hydrogen-bond acceptors (Lipinski definition) is 3. The summed E-state index contributed by atoms with van der Waals surface area (Å²) in [6, 6.07) is 4.86. The van der Waals surface area contributed by atoms with Crippen LogP contribution in [-0.4, -0.2) is 17.7 Å². The maximum Gasteiger partial charge on any atom is 0.390 e. The van der Waals surface area contributed by atoms with Crippen LogP contribution in [0.4, 0.5) is 18.9 Å². The van der Waals surface area contributed by atoms with E-state index < -0.39 is 12.6 Å². The quantitative estimate of drug-likeness (QED) is 0.841. The zero-order valence-electron chi connectivity index (χ0n) is 7.67. The average molecular weight is 215 g/mol. The standard InChI is InChI=1S/C9H8F3N3/c10-9(11,12)3-5-15-7-2-1-4-14-8(7)6-13/h1-2,4,15H,3,5H2. The maximum absolute atomic E-state index is 11.8. The molecule has 3 nitrogen and oxygen atoms in total. The fourth-order valence-corrected chi connectivity index (χ4v) is 0.976. The number of hydrogen-bond donors (Lipinski definition) is 1. The van der Waals surface area contributed by atoms with Gasteiger partial charge in [0.25, 0.3) is 0 Å². The molecule has 0 aliphatic carbocycles. The van der Waals surface area contributed by atoms with E-state index in [9.17, 15) is 13.2 Å². The summed E-state index contributed by atoms with van der Waals surface area (Å²) in [5.41, 5.74) is 0.420. The summed E-state index contributed by atoms with van der Waals surface area (Å²) < 4.78 is 35.5. The zero-order valence-corrected chi connectivity index (χ0v) is 7.67. The number of anilines is 1. The molecule has 6 heteroatoms. The van der Waals surface area contributed by atoms with Crippen LogP contribution in [0.3, 0.4) is 0 Å². The van der Waals surface area contributed by atoms with E-state index in [4.69, 9.17) is 5.26 Å². The third kappa shape index (κ3) is 3.85. The van der Waals surface area contributed by atoms with Crippen molar-refractivity contribution < 1.29 is 13.2 Å². The molecule has 1 rings (SSSR count). The highest BCUT2D eigenvalue weighted by Crippen LogP contribution is 2.19. The first-order chi connectivity index (χ1) is 7.03. The fraction of sp³-hybridized carbons (Fsp3) is 0.333. The van der Waals surface area contributed by atoms with Gasteiger partial charge in [0, 0.05) is 12.7 Å². The molecule has 0 fully saturated rings. The van der Waals surface area contributed by atoms with Crippen LogP contribution >= 0.6 is 0 Å². The maximum atomic E-state index is 11.8. The van der Waals surface area contributed by atoms with Gasteiger partial charge in [-0.1, -0.05) is 0 Å². The Balaban J connectivity index is 2.55. The van der Waals surface area contributed by atoms with Crippen LogP contribution in [0, 0.1) is 11.3 Å². The Bertz CT molecular complexity index is 368. The van der Waals surface area contributed by atoms with Crippen LogP contribution in [-0.2, 0) is 0 Å². The molecule has 1 N–H and O–H groups in total. The molecule has 80 valence electrons. The summed E-state index contributed by atoms with van der Waals surface area (Å²) in [5.74, 6) is 0. The largest absolute Gasteiger partial charge is 0.390 e. The van der Waals surface area contributed by atoms with Gasteiger partial charge in [-0.3, -0.25) is 0 Å². The van der Waals surface area contributed by atoms with Crippen LogP contribution in [0.5, 0.6) is 0 Å². The third-order valence-electron chi connectivity index (χ3n) is 1.64. The van der Waals surface area contributed by atoms with Crippen molar-refractivity contribution >= 4 is 5.69 Å². The molecule has 1 aromatic rings. The second kappa shape index (κ2) is 4.64. The Morgan fingerprint density at radius 2 is 2.20 bits per heavy atom. The highest BCUT2D eigenvalue weighted by molar-refractivity contribution is 5.53. The Morgan fingerprint density at radius 1 is 1.47 bits per heavy atom. The highest BCUT2D eigenvalue weighted by Gasteiger charge is 2.26. The van der Waals surface area contributed by atoms with Crippen molar-refractivity contribution in [3.05, 3.63) is 24.0 Å². The van der Waals surface area contributed by atoms with E-state index >= 15 is 0 Å². The van der Waals surface area contributed by atoms with E-state index in [0.717, 1.165) is 0 Å². The van der Waals surface area contributed by atoms with Gasteiger partial charge in [0.15, 0.2) is 5.69 Å². The van der Waals surface area contributed by atoms with Gasteiger partial charge in [0.2, 0.25) is 0 Å². The molecule has 0 amide bonds. The monoisotopic (exact) mass is 215 g/mol. The van der Waals surface area contributed by atoms with Gasteiger partial charge < -0.3 is 5.32 Å². The van der Waals surface area contributed by atoms with Gasteiger partial charge >= 0.3 is 6.18 Å². The number of pyridine rings is 1. The summed E-state index contributed by atoms with van der Waals surface area (Å²) in [7, 11) is 0. The molecule has 0 spiro atoms. The van der Waals surface area contributed by atoms with Crippen molar-refractivity contribution in [1.82, 2.24) is 4.98 Å². The molecule has 1 aromatic heterocycles. The smallest absolute Gasteiger partial charge is 0.382 e. The van der Waals surface area contributed by atoms with Gasteiger partial charge in [0.1, 0.15) is 6.07 Å². The molecule has 0 atom stereocenters. The van der Waals surface area contributed by atoms with E-state index in [2.05, 4.69) is 10.3 Å². The minimum atomic E-state index is -4.19. The lowest BCUT2D eigenvalue weighted by Crippen LogP contribution is -2.15. The Hall–Kier alpha value is -1.77. The highest BCUT2D eigenvalue weighted by atomic mass is 19.4. The normalized spacial score (nSPS) is 10.8. The number of nitriles is 1. The molecule has 0 radical (unpaired) electrons. The van der Waals surface area contributed by atoms with Crippen molar-refractivity contribution in [3.63, 3.8) is 0 Å².